The van der Waals surface area contributed by atoms with Crippen molar-refractivity contribution in [2.45, 2.75) is 6.54 Å². The number of fused-ring (bicyclic) bond motifs is 1. The van der Waals surface area contributed by atoms with Gasteiger partial charge in [-0.3, -0.25) is 4.79 Å². The average molecular weight is 444 g/mol. The Kier molecular flexibility index (Phi) is 5.21. The van der Waals surface area contributed by atoms with Crippen LogP contribution in [0.15, 0.2) is 83.5 Å². The Morgan fingerprint density at radius 1 is 1.06 bits per heavy atom. The average Bonchev–Trinajstić information content (AvgIpc) is 3.46. The van der Waals surface area contributed by atoms with Crippen molar-refractivity contribution in [3.63, 3.8) is 0 Å². The molecule has 0 aliphatic rings. The Balaban J connectivity index is 1.56. The molecule has 0 aliphatic carbocycles. The van der Waals surface area contributed by atoms with E-state index in [-0.39, 0.29) is 11.7 Å². The van der Waals surface area contributed by atoms with Crippen LogP contribution in [0.3, 0.4) is 0 Å². The molecule has 0 aliphatic heterocycles. The van der Waals surface area contributed by atoms with E-state index in [1.54, 1.807) is 7.11 Å². The fraction of sp³-hybridized carbons (Fsp3) is 0.0800. The van der Waals surface area contributed by atoms with Crippen molar-refractivity contribution in [1.82, 2.24) is 14.7 Å². The minimum Gasteiger partial charge on any atom is -0.497 e. The van der Waals surface area contributed by atoms with E-state index in [4.69, 9.17) is 20.9 Å². The van der Waals surface area contributed by atoms with Gasteiger partial charge in [0.2, 0.25) is 5.82 Å². The van der Waals surface area contributed by atoms with E-state index in [2.05, 4.69) is 10.1 Å². The van der Waals surface area contributed by atoms with Crippen molar-refractivity contribution >= 4 is 28.3 Å². The molecule has 2 heterocycles. The summed E-state index contributed by atoms with van der Waals surface area (Å²) in [6.45, 7) is 0.576. The minimum absolute atomic E-state index is 0.0581. The summed E-state index contributed by atoms with van der Waals surface area (Å²) in [6.07, 6.45) is 1.81. The van der Waals surface area contributed by atoms with Gasteiger partial charge in [-0.05, 0) is 35.9 Å². The molecule has 3 aromatic carbocycles. The van der Waals surface area contributed by atoms with Crippen LogP contribution in [0.2, 0.25) is 5.02 Å². The van der Waals surface area contributed by atoms with Crippen LogP contribution in [0.5, 0.6) is 5.75 Å². The van der Waals surface area contributed by atoms with E-state index >= 15 is 0 Å². The highest BCUT2D eigenvalue weighted by atomic mass is 35.5. The summed E-state index contributed by atoms with van der Waals surface area (Å²) in [5.41, 5.74) is 3.20. The van der Waals surface area contributed by atoms with Gasteiger partial charge < -0.3 is 13.8 Å². The van der Waals surface area contributed by atoms with Gasteiger partial charge in [0.15, 0.2) is 0 Å². The van der Waals surface area contributed by atoms with E-state index in [0.717, 1.165) is 22.0 Å². The molecule has 0 spiro atoms. The highest BCUT2D eigenvalue weighted by Gasteiger charge is 2.23. The largest absolute Gasteiger partial charge is 0.497 e. The fourth-order valence-corrected chi connectivity index (χ4v) is 3.76. The van der Waals surface area contributed by atoms with E-state index < -0.39 is 0 Å². The summed E-state index contributed by atoms with van der Waals surface area (Å²) in [7, 11) is 1.59. The molecule has 0 bridgehead atoms. The number of hydrogen-bond donors (Lipinski definition) is 0. The number of ketones is 1. The third-order valence-corrected chi connectivity index (χ3v) is 5.50. The summed E-state index contributed by atoms with van der Waals surface area (Å²) in [6, 6.07) is 22.7. The van der Waals surface area contributed by atoms with Crippen LogP contribution in [0.4, 0.5) is 0 Å². The lowest BCUT2D eigenvalue weighted by molar-refractivity contribution is 0.0995. The van der Waals surface area contributed by atoms with E-state index in [1.807, 2.05) is 83.6 Å². The topological polar surface area (TPSA) is 70.2 Å². The molecular weight excluding hydrogens is 426 g/mol. The molecule has 0 fully saturated rings. The number of aromatic nitrogens is 3. The highest BCUT2D eigenvalue weighted by Crippen LogP contribution is 2.29. The van der Waals surface area contributed by atoms with E-state index in [9.17, 15) is 4.79 Å². The first kappa shape index (κ1) is 20.0. The summed E-state index contributed by atoms with van der Waals surface area (Å²) in [5, 5.41) is 5.41. The smallest absolute Gasteiger partial charge is 0.299 e. The van der Waals surface area contributed by atoms with Crippen LogP contribution in [0, 0.1) is 0 Å². The van der Waals surface area contributed by atoms with E-state index in [0.29, 0.717) is 28.7 Å². The SMILES string of the molecule is COc1ccc2c(c1)c(C(=O)c1nc(-c3ccccc3)no1)cn2Cc1ccc(Cl)cc1. The van der Waals surface area contributed by atoms with Crippen LogP contribution in [0.1, 0.15) is 21.8 Å². The predicted octanol–water partition coefficient (Wildman–Crippen LogP) is 5.63. The third kappa shape index (κ3) is 3.76. The third-order valence-electron chi connectivity index (χ3n) is 5.25. The van der Waals surface area contributed by atoms with Crippen molar-refractivity contribution in [3.8, 4) is 17.1 Å². The first-order valence-electron chi connectivity index (χ1n) is 9.97. The molecular formula is C25H18ClN3O3. The summed E-state index contributed by atoms with van der Waals surface area (Å²) in [5.74, 6) is 0.632. The zero-order valence-corrected chi connectivity index (χ0v) is 17.9. The Labute approximate surface area is 189 Å². The van der Waals surface area contributed by atoms with Crippen LogP contribution >= 0.6 is 11.6 Å². The maximum atomic E-state index is 13.3. The van der Waals surface area contributed by atoms with Crippen molar-refractivity contribution in [2.24, 2.45) is 0 Å². The zero-order valence-electron chi connectivity index (χ0n) is 17.2. The van der Waals surface area contributed by atoms with Gasteiger partial charge in [0, 0.05) is 34.2 Å². The highest BCUT2D eigenvalue weighted by molar-refractivity contribution is 6.30. The van der Waals surface area contributed by atoms with Gasteiger partial charge in [0.25, 0.3) is 11.7 Å². The molecule has 5 aromatic rings. The molecule has 0 saturated carbocycles. The second-order valence-electron chi connectivity index (χ2n) is 7.30. The number of benzene rings is 3. The lowest BCUT2D eigenvalue weighted by atomic mass is 10.1. The number of nitrogens with zero attached hydrogens (tertiary/aromatic N) is 3. The van der Waals surface area contributed by atoms with Gasteiger partial charge in [0.1, 0.15) is 5.75 Å². The number of ether oxygens (including phenoxy) is 1. The first-order chi connectivity index (χ1) is 15.6. The lowest BCUT2D eigenvalue weighted by Crippen LogP contribution is -2.02. The minimum atomic E-state index is -0.340. The molecule has 0 radical (unpaired) electrons. The monoisotopic (exact) mass is 443 g/mol. The first-order valence-corrected chi connectivity index (χ1v) is 10.4. The van der Waals surface area contributed by atoms with Crippen LogP contribution in [-0.4, -0.2) is 27.6 Å². The number of rotatable bonds is 6. The van der Waals surface area contributed by atoms with Crippen molar-refractivity contribution < 1.29 is 14.1 Å². The molecule has 0 atom stereocenters. The molecule has 158 valence electrons. The Morgan fingerprint density at radius 3 is 2.59 bits per heavy atom. The predicted molar refractivity (Wildman–Crippen MR) is 122 cm³/mol. The standard InChI is InChI=1S/C25H18ClN3O3/c1-31-19-11-12-22-20(13-19)21(15-29(22)14-16-7-9-18(26)10-8-16)23(30)25-27-24(28-32-25)17-5-3-2-4-6-17/h2-13,15H,14H2,1H3. The van der Waals surface area contributed by atoms with Gasteiger partial charge in [-0.1, -0.05) is 59.2 Å². The van der Waals surface area contributed by atoms with Gasteiger partial charge in [-0.25, -0.2) is 0 Å². The summed E-state index contributed by atoms with van der Waals surface area (Å²) in [4.78, 5) is 17.7. The quantitative estimate of drug-likeness (QED) is 0.318. The number of carbonyl (C=O) groups excluding carboxylic acids is 1. The van der Waals surface area contributed by atoms with Crippen molar-refractivity contribution in [2.75, 3.05) is 7.11 Å². The number of carbonyl (C=O) groups is 1. The van der Waals surface area contributed by atoms with Crippen molar-refractivity contribution in [1.29, 1.82) is 0 Å². The van der Waals surface area contributed by atoms with E-state index in [1.165, 1.54) is 0 Å². The molecule has 5 rings (SSSR count). The normalized spacial score (nSPS) is 11.1. The Hall–Kier alpha value is -3.90. The maximum absolute atomic E-state index is 13.3. The van der Waals surface area contributed by atoms with Crippen molar-refractivity contribution in [3.05, 3.63) is 101 Å². The second-order valence-corrected chi connectivity index (χ2v) is 7.73. The van der Waals surface area contributed by atoms with Gasteiger partial charge in [-0.15, -0.1) is 0 Å². The number of halogens is 1. The molecule has 32 heavy (non-hydrogen) atoms. The number of hydrogen-bond acceptors (Lipinski definition) is 5. The molecule has 2 aromatic heterocycles. The molecule has 6 nitrogen and oxygen atoms in total. The Morgan fingerprint density at radius 2 is 1.84 bits per heavy atom. The van der Waals surface area contributed by atoms with Gasteiger partial charge >= 0.3 is 0 Å². The summed E-state index contributed by atoms with van der Waals surface area (Å²) < 4.78 is 12.7. The second kappa shape index (κ2) is 8.32. The summed E-state index contributed by atoms with van der Waals surface area (Å²) >= 11 is 6.01. The van der Waals surface area contributed by atoms with Crippen LogP contribution < -0.4 is 4.74 Å². The molecule has 0 amide bonds. The van der Waals surface area contributed by atoms with Gasteiger partial charge in [-0.2, -0.15) is 4.98 Å². The Bertz CT molecular complexity index is 1410. The van der Waals surface area contributed by atoms with Crippen LogP contribution in [0.25, 0.3) is 22.3 Å². The molecule has 0 N–H and O–H groups in total. The lowest BCUT2D eigenvalue weighted by Gasteiger charge is -2.06. The fourth-order valence-electron chi connectivity index (χ4n) is 3.64. The molecule has 0 saturated heterocycles. The zero-order chi connectivity index (χ0) is 22.1. The molecule has 0 unspecified atom stereocenters. The molecule has 7 heteroatoms. The van der Waals surface area contributed by atoms with Gasteiger partial charge in [0.05, 0.1) is 12.7 Å². The van der Waals surface area contributed by atoms with Crippen LogP contribution in [-0.2, 0) is 6.54 Å². The maximum Gasteiger partial charge on any atom is 0.299 e. The number of methoxy groups -OCH3 is 1.